The first-order valence-corrected chi connectivity index (χ1v) is 11.7. The molecule has 0 radical (unpaired) electrons. The Kier molecular flexibility index (Phi) is 3.30. The monoisotopic (exact) mass is 419 g/mol. The molecule has 1 aliphatic heterocycles. The van der Waals surface area contributed by atoms with E-state index in [1.165, 1.54) is 62.2 Å². The lowest BCUT2D eigenvalue weighted by atomic mass is 10.0. The van der Waals surface area contributed by atoms with E-state index in [9.17, 15) is 0 Å². The molecule has 0 N–H and O–H groups in total. The van der Waals surface area contributed by atoms with Gasteiger partial charge in [0.15, 0.2) is 0 Å². The van der Waals surface area contributed by atoms with Crippen LogP contribution in [0.15, 0.2) is 73.1 Å². The van der Waals surface area contributed by atoms with Gasteiger partial charge in [-0.2, -0.15) is 0 Å². The van der Waals surface area contributed by atoms with E-state index in [0.717, 1.165) is 0 Å². The van der Waals surface area contributed by atoms with Crippen LogP contribution < -0.4 is 0 Å². The van der Waals surface area contributed by atoms with E-state index in [0.29, 0.717) is 0 Å². The molecule has 30 heavy (non-hydrogen) atoms. The van der Waals surface area contributed by atoms with Crippen LogP contribution in [0.3, 0.4) is 0 Å². The number of fused-ring (bicyclic) bond motifs is 10. The number of rotatable bonds is 0. The van der Waals surface area contributed by atoms with Gasteiger partial charge in [-0.25, -0.2) is 0 Å². The Morgan fingerprint density at radius 1 is 0.633 bits per heavy atom. The smallest absolute Gasteiger partial charge is 0.0434 e. The third kappa shape index (κ3) is 2.22. The second-order valence-corrected chi connectivity index (χ2v) is 10.1. The third-order valence-corrected chi connectivity index (χ3v) is 8.56. The van der Waals surface area contributed by atoms with Gasteiger partial charge < -0.3 is 4.90 Å². The average molecular weight is 420 g/mol. The standard InChI is InChI=1S/C27H17NS2/c1-28-12-10-17-7-9-21-23-15-24-22(14-25(23)30-27(21)19(17)11-13-28)20-8-6-16-4-2-3-5-18(16)26(20)29-24/h2-15H,1H3. The van der Waals surface area contributed by atoms with Crippen LogP contribution in [-0.4, -0.2) is 11.9 Å². The molecule has 3 heterocycles. The fourth-order valence-electron chi connectivity index (χ4n) is 4.63. The molecular weight excluding hydrogens is 402 g/mol. The minimum atomic E-state index is 1.29. The van der Waals surface area contributed by atoms with Crippen LogP contribution in [0.4, 0.5) is 0 Å². The zero-order chi connectivity index (χ0) is 19.8. The Hall–Kier alpha value is -3.14. The highest BCUT2D eigenvalue weighted by Crippen LogP contribution is 2.45. The maximum atomic E-state index is 2.41. The first kappa shape index (κ1) is 16.6. The van der Waals surface area contributed by atoms with Gasteiger partial charge in [0, 0.05) is 65.4 Å². The van der Waals surface area contributed by atoms with Crippen molar-refractivity contribution < 1.29 is 0 Å². The van der Waals surface area contributed by atoms with Crippen molar-refractivity contribution in [3.63, 3.8) is 0 Å². The molecule has 0 saturated heterocycles. The van der Waals surface area contributed by atoms with Crippen molar-refractivity contribution in [1.29, 1.82) is 0 Å². The minimum absolute atomic E-state index is 1.29. The molecule has 0 unspecified atom stereocenters. The molecule has 0 atom stereocenters. The Morgan fingerprint density at radius 3 is 2.20 bits per heavy atom. The summed E-state index contributed by atoms with van der Waals surface area (Å²) in [5.74, 6) is 0. The van der Waals surface area contributed by atoms with Crippen molar-refractivity contribution in [3.8, 4) is 0 Å². The van der Waals surface area contributed by atoms with Gasteiger partial charge in [0.2, 0.25) is 0 Å². The molecule has 1 aliphatic rings. The van der Waals surface area contributed by atoms with Crippen molar-refractivity contribution >= 4 is 85.9 Å². The Morgan fingerprint density at radius 2 is 1.33 bits per heavy atom. The van der Waals surface area contributed by atoms with Crippen LogP contribution >= 0.6 is 22.7 Å². The second kappa shape index (κ2) is 5.94. The van der Waals surface area contributed by atoms with Gasteiger partial charge in [0.05, 0.1) is 0 Å². The topological polar surface area (TPSA) is 3.24 Å². The van der Waals surface area contributed by atoms with E-state index in [4.69, 9.17) is 0 Å². The summed E-state index contributed by atoms with van der Waals surface area (Å²) in [4.78, 5) is 2.10. The highest BCUT2D eigenvalue weighted by atomic mass is 32.1. The molecule has 2 aromatic heterocycles. The largest absolute Gasteiger partial charge is 0.357 e. The van der Waals surface area contributed by atoms with E-state index in [1.807, 2.05) is 22.7 Å². The Balaban J connectivity index is 1.58. The Bertz CT molecular complexity index is 1710. The van der Waals surface area contributed by atoms with Gasteiger partial charge in [-0.15, -0.1) is 22.7 Å². The lowest BCUT2D eigenvalue weighted by Gasteiger charge is -2.02. The van der Waals surface area contributed by atoms with Crippen molar-refractivity contribution in [2.75, 3.05) is 7.05 Å². The van der Waals surface area contributed by atoms with Gasteiger partial charge >= 0.3 is 0 Å². The van der Waals surface area contributed by atoms with Crippen LogP contribution in [0.2, 0.25) is 0 Å². The van der Waals surface area contributed by atoms with E-state index >= 15 is 0 Å². The Labute approximate surface area is 181 Å². The molecule has 0 spiro atoms. The van der Waals surface area contributed by atoms with Crippen LogP contribution in [0.5, 0.6) is 0 Å². The highest BCUT2D eigenvalue weighted by molar-refractivity contribution is 7.28. The van der Waals surface area contributed by atoms with Crippen LogP contribution in [-0.2, 0) is 0 Å². The molecule has 0 aliphatic carbocycles. The summed E-state index contributed by atoms with van der Waals surface area (Å²) in [6, 6.07) is 22.6. The molecule has 1 nitrogen and oxygen atoms in total. The molecule has 142 valence electrons. The SMILES string of the molecule is CN1C=Cc2ccc3c(sc4cc5c(cc43)sc3c4ccccc4ccc53)c2C=C1. The van der Waals surface area contributed by atoms with E-state index in [1.54, 1.807) is 0 Å². The summed E-state index contributed by atoms with van der Waals surface area (Å²) in [5, 5.41) is 8.15. The first-order chi connectivity index (χ1) is 14.8. The quantitative estimate of drug-likeness (QED) is 0.239. The van der Waals surface area contributed by atoms with Gasteiger partial charge in [-0.3, -0.25) is 0 Å². The molecule has 4 aromatic carbocycles. The zero-order valence-corrected chi connectivity index (χ0v) is 18.0. The fraction of sp³-hybridized carbons (Fsp3) is 0.0370. The van der Waals surface area contributed by atoms with Crippen LogP contribution in [0, 0.1) is 0 Å². The predicted octanol–water partition coefficient (Wildman–Crippen LogP) is 8.46. The highest BCUT2D eigenvalue weighted by Gasteiger charge is 2.15. The molecule has 0 amide bonds. The van der Waals surface area contributed by atoms with Crippen molar-refractivity contribution in [1.82, 2.24) is 4.90 Å². The molecular formula is C27H17NS2. The van der Waals surface area contributed by atoms with E-state index in [2.05, 4.69) is 97.2 Å². The van der Waals surface area contributed by atoms with Crippen molar-refractivity contribution in [2.45, 2.75) is 0 Å². The van der Waals surface area contributed by atoms with Gasteiger partial charge in [-0.05, 0) is 40.6 Å². The van der Waals surface area contributed by atoms with Crippen molar-refractivity contribution in [2.24, 2.45) is 0 Å². The normalized spacial score (nSPS) is 13.8. The lowest BCUT2D eigenvalue weighted by Crippen LogP contribution is -1.97. The summed E-state index contributed by atoms with van der Waals surface area (Å²) in [7, 11) is 2.07. The number of thiophene rings is 2. The number of nitrogens with zero attached hydrogens (tertiary/aromatic N) is 1. The molecule has 0 saturated carbocycles. The zero-order valence-electron chi connectivity index (χ0n) is 16.3. The van der Waals surface area contributed by atoms with Gasteiger partial charge in [0.25, 0.3) is 0 Å². The summed E-state index contributed by atoms with van der Waals surface area (Å²) in [6.07, 6.45) is 8.71. The summed E-state index contributed by atoms with van der Waals surface area (Å²) in [5.41, 5.74) is 2.61. The first-order valence-electron chi connectivity index (χ1n) is 10.1. The van der Waals surface area contributed by atoms with Crippen LogP contribution in [0.1, 0.15) is 11.1 Å². The number of hydrogen-bond donors (Lipinski definition) is 0. The predicted molar refractivity (Wildman–Crippen MR) is 136 cm³/mol. The van der Waals surface area contributed by atoms with E-state index in [-0.39, 0.29) is 0 Å². The van der Waals surface area contributed by atoms with Gasteiger partial charge in [-0.1, -0.05) is 48.5 Å². The summed E-state index contributed by atoms with van der Waals surface area (Å²) >= 11 is 3.84. The molecule has 0 bridgehead atoms. The maximum absolute atomic E-state index is 2.41. The summed E-state index contributed by atoms with van der Waals surface area (Å²) in [6.45, 7) is 0. The average Bonchev–Trinajstić information content (AvgIpc) is 3.25. The number of benzene rings is 4. The lowest BCUT2D eigenvalue weighted by molar-refractivity contribution is 0.635. The fourth-order valence-corrected chi connectivity index (χ4v) is 7.15. The summed E-state index contributed by atoms with van der Waals surface area (Å²) < 4.78 is 5.52. The van der Waals surface area contributed by atoms with Crippen LogP contribution in [0.25, 0.3) is 63.3 Å². The van der Waals surface area contributed by atoms with Crippen molar-refractivity contribution in [3.05, 3.63) is 84.2 Å². The molecule has 3 heteroatoms. The minimum Gasteiger partial charge on any atom is -0.357 e. The second-order valence-electron chi connectivity index (χ2n) is 7.95. The van der Waals surface area contributed by atoms with E-state index < -0.39 is 0 Å². The third-order valence-electron chi connectivity index (χ3n) is 6.16. The number of hydrogen-bond acceptors (Lipinski definition) is 3. The molecule has 6 aromatic rings. The maximum Gasteiger partial charge on any atom is 0.0434 e. The molecule has 0 fully saturated rings. The van der Waals surface area contributed by atoms with Gasteiger partial charge in [0.1, 0.15) is 0 Å². The molecule has 7 rings (SSSR count).